The Labute approximate surface area is 143 Å². The van der Waals surface area contributed by atoms with E-state index in [0.29, 0.717) is 0 Å². The van der Waals surface area contributed by atoms with E-state index in [9.17, 15) is 27.0 Å². The van der Waals surface area contributed by atoms with Crippen molar-refractivity contribution in [2.75, 3.05) is 18.2 Å². The van der Waals surface area contributed by atoms with Crippen molar-refractivity contribution >= 4 is 37.1 Å². The van der Waals surface area contributed by atoms with Gasteiger partial charge in [-0.1, -0.05) is 11.6 Å². The smallest absolute Gasteiger partial charge is 0.177 e. The van der Waals surface area contributed by atoms with Gasteiger partial charge in [-0.3, -0.25) is 0 Å². The van der Waals surface area contributed by atoms with Crippen LogP contribution in [0.25, 0.3) is 11.3 Å². The number of sulfone groups is 2. The van der Waals surface area contributed by atoms with Crippen LogP contribution < -0.4 is 5.73 Å². The largest absolute Gasteiger partial charge is 0.507 e. The Hall–Kier alpha value is -2.04. The summed E-state index contributed by atoms with van der Waals surface area (Å²) in [6.45, 7) is 0. The Morgan fingerprint density at radius 2 is 1.46 bits per heavy atom. The topological polar surface area (TPSA) is 148 Å². The minimum Gasteiger partial charge on any atom is -0.507 e. The summed E-state index contributed by atoms with van der Waals surface area (Å²) >= 11 is 5.93. The van der Waals surface area contributed by atoms with Crippen molar-refractivity contribution in [1.29, 1.82) is 0 Å². The van der Waals surface area contributed by atoms with Gasteiger partial charge in [0.15, 0.2) is 31.2 Å². The van der Waals surface area contributed by atoms with E-state index in [2.05, 4.69) is 4.98 Å². The van der Waals surface area contributed by atoms with Crippen molar-refractivity contribution in [2.24, 2.45) is 0 Å². The predicted octanol–water partition coefficient (Wildman–Crippen LogP) is 1.20. The van der Waals surface area contributed by atoms with E-state index in [4.69, 9.17) is 17.3 Å². The number of pyridine rings is 1. The summed E-state index contributed by atoms with van der Waals surface area (Å²) in [6.07, 6.45) is 1.79. The van der Waals surface area contributed by atoms with E-state index < -0.39 is 36.1 Å². The molecule has 0 amide bonds. The van der Waals surface area contributed by atoms with Gasteiger partial charge in [0, 0.05) is 30.2 Å². The lowest BCUT2D eigenvalue weighted by Crippen LogP contribution is -2.05. The van der Waals surface area contributed by atoms with Crippen LogP contribution in [0.15, 0.2) is 28.0 Å². The molecule has 2 rings (SSSR count). The van der Waals surface area contributed by atoms with E-state index in [0.717, 1.165) is 30.7 Å². The zero-order valence-electron chi connectivity index (χ0n) is 12.5. The first-order chi connectivity index (χ1) is 10.8. The van der Waals surface area contributed by atoms with Gasteiger partial charge in [-0.05, 0) is 6.07 Å². The molecule has 11 heteroatoms. The van der Waals surface area contributed by atoms with Gasteiger partial charge < -0.3 is 15.9 Å². The summed E-state index contributed by atoms with van der Waals surface area (Å²) in [5, 5.41) is 19.5. The average molecular weight is 393 g/mol. The van der Waals surface area contributed by atoms with Gasteiger partial charge in [-0.15, -0.1) is 0 Å². The van der Waals surface area contributed by atoms with Crippen LogP contribution in [0.4, 0.5) is 5.82 Å². The van der Waals surface area contributed by atoms with Crippen molar-refractivity contribution in [3.63, 3.8) is 0 Å². The molecule has 2 aromatic rings. The van der Waals surface area contributed by atoms with Gasteiger partial charge in [0.2, 0.25) is 0 Å². The number of benzene rings is 1. The fourth-order valence-corrected chi connectivity index (χ4v) is 4.15. The second-order valence-electron chi connectivity index (χ2n) is 5.08. The average Bonchev–Trinajstić information content (AvgIpc) is 2.41. The lowest BCUT2D eigenvalue weighted by atomic mass is 10.1. The van der Waals surface area contributed by atoms with Gasteiger partial charge >= 0.3 is 0 Å². The molecule has 8 nitrogen and oxygen atoms in total. The Morgan fingerprint density at radius 1 is 0.958 bits per heavy atom. The molecular formula is C13H13ClN2O6S2. The van der Waals surface area contributed by atoms with Crippen molar-refractivity contribution in [3.05, 3.63) is 23.2 Å². The van der Waals surface area contributed by atoms with Gasteiger partial charge in [-0.2, -0.15) is 0 Å². The molecule has 0 saturated heterocycles. The molecule has 0 radical (unpaired) electrons. The third kappa shape index (κ3) is 3.40. The number of nitrogens with two attached hydrogens (primary N) is 1. The van der Waals surface area contributed by atoms with E-state index in [-0.39, 0.29) is 27.0 Å². The minimum atomic E-state index is -3.84. The van der Waals surface area contributed by atoms with Gasteiger partial charge in [0.1, 0.15) is 5.75 Å². The van der Waals surface area contributed by atoms with Crippen molar-refractivity contribution in [2.45, 2.75) is 9.79 Å². The number of aromatic nitrogens is 1. The van der Waals surface area contributed by atoms with Crippen molar-refractivity contribution < 1.29 is 27.0 Å². The van der Waals surface area contributed by atoms with Crippen LogP contribution in [0, 0.1) is 0 Å². The first kappa shape index (κ1) is 18.3. The second-order valence-corrected chi connectivity index (χ2v) is 9.46. The summed E-state index contributed by atoms with van der Waals surface area (Å²) in [5.74, 6) is -1.46. The van der Waals surface area contributed by atoms with Gasteiger partial charge in [0.25, 0.3) is 0 Å². The Morgan fingerprint density at radius 3 is 1.96 bits per heavy atom. The van der Waals surface area contributed by atoms with Crippen LogP contribution in [0.3, 0.4) is 0 Å². The predicted molar refractivity (Wildman–Crippen MR) is 88.6 cm³/mol. The Bertz CT molecular complexity index is 1050. The number of nitrogens with zero attached hydrogens (tertiary/aromatic N) is 1. The number of halogens is 1. The third-order valence-corrected chi connectivity index (χ3v) is 5.77. The number of hydrogen-bond acceptors (Lipinski definition) is 8. The number of aromatic hydroxyl groups is 2. The van der Waals surface area contributed by atoms with Crippen LogP contribution in [0.1, 0.15) is 0 Å². The zero-order valence-corrected chi connectivity index (χ0v) is 14.9. The van der Waals surface area contributed by atoms with Crippen molar-refractivity contribution in [3.8, 4) is 22.8 Å². The highest BCUT2D eigenvalue weighted by Gasteiger charge is 2.24. The molecule has 130 valence electrons. The molecule has 0 saturated carbocycles. The number of phenols is 1. The van der Waals surface area contributed by atoms with Crippen LogP contribution >= 0.6 is 11.6 Å². The third-order valence-electron chi connectivity index (χ3n) is 3.10. The summed E-state index contributed by atoms with van der Waals surface area (Å²) < 4.78 is 47.1. The highest BCUT2D eigenvalue weighted by atomic mass is 35.5. The van der Waals surface area contributed by atoms with Crippen LogP contribution in [0.2, 0.25) is 5.02 Å². The highest BCUT2D eigenvalue weighted by molar-refractivity contribution is 7.91. The first-order valence-corrected chi connectivity index (χ1v) is 10.4. The fraction of sp³-hybridized carbons (Fsp3) is 0.154. The maximum atomic E-state index is 11.9. The van der Waals surface area contributed by atoms with Crippen molar-refractivity contribution in [1.82, 2.24) is 4.98 Å². The standard InChI is InChI=1S/C13H13ClN2O6S2/c1-23(19,20)10-4-8(17)6(3-7(10)14)12-11(24(2,21)22)5-9(18)13(15)16-12/h3-5,17-18H,1-2H3,(H2,15,16). The molecule has 0 unspecified atom stereocenters. The molecule has 4 N–H and O–H groups in total. The van der Waals surface area contributed by atoms with E-state index in [1.54, 1.807) is 0 Å². The van der Waals surface area contributed by atoms with Crippen LogP contribution in [0.5, 0.6) is 11.5 Å². The molecule has 0 aliphatic heterocycles. The normalized spacial score (nSPS) is 12.3. The first-order valence-electron chi connectivity index (χ1n) is 6.25. The molecule has 0 aliphatic carbocycles. The lowest BCUT2D eigenvalue weighted by Gasteiger charge is -2.13. The molecule has 24 heavy (non-hydrogen) atoms. The molecule has 1 heterocycles. The number of nitrogen functional groups attached to an aromatic ring is 1. The molecule has 1 aromatic carbocycles. The van der Waals surface area contributed by atoms with Gasteiger partial charge in [0.05, 0.1) is 20.5 Å². The van der Waals surface area contributed by atoms with E-state index in [1.807, 2.05) is 0 Å². The number of anilines is 1. The molecule has 0 fully saturated rings. The second kappa shape index (κ2) is 5.80. The van der Waals surface area contributed by atoms with E-state index in [1.165, 1.54) is 0 Å². The molecule has 0 atom stereocenters. The number of hydrogen-bond donors (Lipinski definition) is 3. The number of phenolic OH excluding ortho intramolecular Hbond substituents is 1. The highest BCUT2D eigenvalue weighted by Crippen LogP contribution is 2.39. The zero-order chi connectivity index (χ0) is 18.4. The van der Waals surface area contributed by atoms with Gasteiger partial charge in [-0.25, -0.2) is 21.8 Å². The summed E-state index contributed by atoms with van der Waals surface area (Å²) in [7, 11) is -7.54. The monoisotopic (exact) mass is 392 g/mol. The van der Waals surface area contributed by atoms with E-state index >= 15 is 0 Å². The van der Waals surface area contributed by atoms with Crippen LogP contribution in [-0.4, -0.2) is 44.5 Å². The molecular weight excluding hydrogens is 380 g/mol. The maximum Gasteiger partial charge on any atom is 0.177 e. The lowest BCUT2D eigenvalue weighted by molar-refractivity contribution is 0.471. The molecule has 0 aliphatic rings. The number of rotatable bonds is 3. The van der Waals surface area contributed by atoms with Crippen LogP contribution in [-0.2, 0) is 19.7 Å². The quantitative estimate of drug-likeness (QED) is 0.705. The SMILES string of the molecule is CS(=O)(=O)c1cc(O)c(-c2nc(N)c(O)cc2S(C)(=O)=O)cc1Cl. The summed E-state index contributed by atoms with van der Waals surface area (Å²) in [5.41, 5.74) is 5.09. The molecule has 1 aromatic heterocycles. The Kier molecular flexibility index (Phi) is 4.42. The summed E-state index contributed by atoms with van der Waals surface area (Å²) in [6, 6.07) is 2.86. The summed E-state index contributed by atoms with van der Waals surface area (Å²) in [4.78, 5) is 3.07. The fourth-order valence-electron chi connectivity index (χ4n) is 1.99. The Balaban J connectivity index is 2.88. The molecule has 0 spiro atoms. The molecule has 0 bridgehead atoms. The maximum absolute atomic E-state index is 11.9. The minimum absolute atomic E-state index is 0.139.